The van der Waals surface area contributed by atoms with Crippen LogP contribution in [0.5, 0.6) is 0 Å². The molecule has 2 aromatic rings. The molecular formula is C17H19FN4O3. The second kappa shape index (κ2) is 8.72. The number of rotatable bonds is 6. The van der Waals surface area contributed by atoms with Gasteiger partial charge in [0, 0.05) is 12.6 Å². The zero-order valence-electron chi connectivity index (χ0n) is 13.8. The van der Waals surface area contributed by atoms with Gasteiger partial charge in [-0.15, -0.1) is 0 Å². The highest BCUT2D eigenvalue weighted by Gasteiger charge is 2.11. The fourth-order valence-corrected chi connectivity index (χ4v) is 2.06. The lowest BCUT2D eigenvalue weighted by Gasteiger charge is -2.09. The lowest BCUT2D eigenvalue weighted by atomic mass is 10.1. The molecule has 0 atom stereocenters. The summed E-state index contributed by atoms with van der Waals surface area (Å²) in [6.45, 7) is 2.41. The van der Waals surface area contributed by atoms with Crippen molar-refractivity contribution in [3.8, 4) is 0 Å². The van der Waals surface area contributed by atoms with Crippen molar-refractivity contribution in [2.24, 2.45) is 0 Å². The first kappa shape index (κ1) is 18.3. The zero-order chi connectivity index (χ0) is 18.2. The van der Waals surface area contributed by atoms with Crippen LogP contribution in [0.1, 0.15) is 35.8 Å². The topological polar surface area (TPSA) is 93.1 Å². The molecule has 2 rings (SSSR count). The molecule has 1 heterocycles. The standard InChI is InChI=1S/C17H19FN4O3/c1-2-3-10-22-16(24)9-8-14(21-22)17(25)20-19-15(23)11-12-4-6-13(18)7-5-12/h4-9H,2-3,10-11H2,1H3,(H,19,23)(H,20,25). The third kappa shape index (κ3) is 5.52. The Morgan fingerprint density at radius 2 is 1.84 bits per heavy atom. The first-order valence-electron chi connectivity index (χ1n) is 7.91. The van der Waals surface area contributed by atoms with E-state index in [9.17, 15) is 18.8 Å². The van der Waals surface area contributed by atoms with Gasteiger partial charge in [-0.25, -0.2) is 9.07 Å². The van der Waals surface area contributed by atoms with Crippen LogP contribution in [-0.2, 0) is 17.8 Å². The minimum atomic E-state index is -0.627. The Hall–Kier alpha value is -3.03. The summed E-state index contributed by atoms with van der Waals surface area (Å²) < 4.78 is 14.0. The van der Waals surface area contributed by atoms with Crippen molar-refractivity contribution in [2.45, 2.75) is 32.7 Å². The summed E-state index contributed by atoms with van der Waals surface area (Å²) in [5.74, 6) is -1.47. The number of nitrogens with one attached hydrogen (secondary N) is 2. The van der Waals surface area contributed by atoms with Crippen molar-refractivity contribution in [1.29, 1.82) is 0 Å². The number of carbonyl (C=O) groups is 2. The lowest BCUT2D eigenvalue weighted by molar-refractivity contribution is -0.121. The van der Waals surface area contributed by atoms with Gasteiger partial charge in [-0.1, -0.05) is 25.5 Å². The summed E-state index contributed by atoms with van der Waals surface area (Å²) in [6, 6.07) is 8.04. The molecule has 0 aliphatic rings. The summed E-state index contributed by atoms with van der Waals surface area (Å²) in [6.07, 6.45) is 1.65. The van der Waals surface area contributed by atoms with E-state index in [0.29, 0.717) is 12.1 Å². The predicted molar refractivity (Wildman–Crippen MR) is 89.1 cm³/mol. The first-order chi connectivity index (χ1) is 12.0. The van der Waals surface area contributed by atoms with Crippen molar-refractivity contribution in [3.63, 3.8) is 0 Å². The molecule has 1 aromatic heterocycles. The van der Waals surface area contributed by atoms with Gasteiger partial charge >= 0.3 is 0 Å². The number of halogens is 1. The van der Waals surface area contributed by atoms with E-state index in [2.05, 4.69) is 16.0 Å². The average molecular weight is 346 g/mol. The van der Waals surface area contributed by atoms with E-state index >= 15 is 0 Å². The highest BCUT2D eigenvalue weighted by molar-refractivity contribution is 5.93. The van der Waals surface area contributed by atoms with Crippen LogP contribution in [0, 0.1) is 5.82 Å². The summed E-state index contributed by atoms with van der Waals surface area (Å²) >= 11 is 0. The predicted octanol–water partition coefficient (Wildman–Crippen LogP) is 1.19. The molecule has 2 N–H and O–H groups in total. The Labute approximate surface area is 143 Å². The van der Waals surface area contributed by atoms with Gasteiger partial charge in [-0.05, 0) is 30.2 Å². The number of hydrazine groups is 1. The van der Waals surface area contributed by atoms with E-state index in [1.54, 1.807) is 0 Å². The number of aryl methyl sites for hydroxylation is 1. The molecule has 1 aromatic carbocycles. The van der Waals surface area contributed by atoms with Gasteiger partial charge in [0.15, 0.2) is 5.69 Å². The number of carbonyl (C=O) groups excluding carboxylic acids is 2. The monoisotopic (exact) mass is 346 g/mol. The molecule has 132 valence electrons. The number of amides is 2. The van der Waals surface area contributed by atoms with Gasteiger partial charge in [0.1, 0.15) is 5.82 Å². The van der Waals surface area contributed by atoms with Gasteiger partial charge < -0.3 is 0 Å². The van der Waals surface area contributed by atoms with Crippen molar-refractivity contribution < 1.29 is 14.0 Å². The normalized spacial score (nSPS) is 10.3. The Morgan fingerprint density at radius 1 is 1.12 bits per heavy atom. The maximum absolute atomic E-state index is 12.8. The fourth-order valence-electron chi connectivity index (χ4n) is 2.06. The van der Waals surface area contributed by atoms with Crippen LogP contribution in [-0.4, -0.2) is 21.6 Å². The molecule has 8 heteroatoms. The quantitative estimate of drug-likeness (QED) is 0.768. The first-order valence-corrected chi connectivity index (χ1v) is 7.91. The highest BCUT2D eigenvalue weighted by Crippen LogP contribution is 2.03. The van der Waals surface area contributed by atoms with Crippen LogP contribution >= 0.6 is 0 Å². The van der Waals surface area contributed by atoms with Crippen LogP contribution in [0.2, 0.25) is 0 Å². The Balaban J connectivity index is 1.92. The molecule has 0 radical (unpaired) electrons. The van der Waals surface area contributed by atoms with E-state index in [0.717, 1.165) is 12.8 Å². The minimum absolute atomic E-state index is 0.00993. The van der Waals surface area contributed by atoms with Crippen LogP contribution < -0.4 is 16.4 Å². The number of hydrogen-bond donors (Lipinski definition) is 2. The summed E-state index contributed by atoms with van der Waals surface area (Å²) in [5, 5.41) is 3.98. The molecule has 0 unspecified atom stereocenters. The van der Waals surface area contributed by atoms with Crippen molar-refractivity contribution in [3.05, 3.63) is 63.8 Å². The minimum Gasteiger partial charge on any atom is -0.273 e. The zero-order valence-corrected chi connectivity index (χ0v) is 13.8. The second-order valence-electron chi connectivity index (χ2n) is 5.44. The third-order valence-corrected chi connectivity index (χ3v) is 3.42. The molecule has 0 spiro atoms. The molecule has 7 nitrogen and oxygen atoms in total. The van der Waals surface area contributed by atoms with Gasteiger partial charge in [0.05, 0.1) is 6.42 Å². The van der Waals surface area contributed by atoms with Crippen molar-refractivity contribution >= 4 is 11.8 Å². The summed E-state index contributed by atoms with van der Waals surface area (Å²) in [5.41, 5.74) is 4.85. The number of hydrogen-bond acceptors (Lipinski definition) is 4. The Bertz CT molecular complexity index is 802. The molecule has 0 aliphatic carbocycles. The third-order valence-electron chi connectivity index (χ3n) is 3.42. The molecule has 0 aliphatic heterocycles. The molecular weight excluding hydrogens is 327 g/mol. The van der Waals surface area contributed by atoms with Crippen LogP contribution in [0.3, 0.4) is 0 Å². The average Bonchev–Trinajstić information content (AvgIpc) is 2.61. The highest BCUT2D eigenvalue weighted by atomic mass is 19.1. The van der Waals surface area contributed by atoms with Gasteiger partial charge in [0.25, 0.3) is 11.5 Å². The van der Waals surface area contributed by atoms with Gasteiger partial charge in [-0.3, -0.25) is 25.2 Å². The molecule has 2 amide bonds. The molecule has 0 fully saturated rings. The fraction of sp³-hybridized carbons (Fsp3) is 0.294. The van der Waals surface area contributed by atoms with Crippen molar-refractivity contribution in [1.82, 2.24) is 20.6 Å². The van der Waals surface area contributed by atoms with Crippen LogP contribution in [0.15, 0.2) is 41.2 Å². The van der Waals surface area contributed by atoms with Crippen LogP contribution in [0.4, 0.5) is 4.39 Å². The summed E-state index contributed by atoms with van der Waals surface area (Å²) in [7, 11) is 0. The second-order valence-corrected chi connectivity index (χ2v) is 5.44. The maximum Gasteiger partial charge on any atom is 0.290 e. The SMILES string of the molecule is CCCCn1nc(C(=O)NNC(=O)Cc2ccc(F)cc2)ccc1=O. The molecule has 0 saturated heterocycles. The molecule has 25 heavy (non-hydrogen) atoms. The lowest BCUT2D eigenvalue weighted by Crippen LogP contribution is -2.43. The van der Waals surface area contributed by atoms with E-state index in [1.807, 2.05) is 6.92 Å². The van der Waals surface area contributed by atoms with Crippen LogP contribution in [0.25, 0.3) is 0 Å². The van der Waals surface area contributed by atoms with E-state index < -0.39 is 11.8 Å². The van der Waals surface area contributed by atoms with Gasteiger partial charge in [-0.2, -0.15) is 5.10 Å². The number of benzene rings is 1. The summed E-state index contributed by atoms with van der Waals surface area (Å²) in [4.78, 5) is 35.5. The number of nitrogens with zero attached hydrogens (tertiary/aromatic N) is 2. The maximum atomic E-state index is 12.8. The van der Waals surface area contributed by atoms with Crippen molar-refractivity contribution in [2.75, 3.05) is 0 Å². The van der Waals surface area contributed by atoms with E-state index in [-0.39, 0.29) is 23.5 Å². The Morgan fingerprint density at radius 3 is 2.52 bits per heavy atom. The van der Waals surface area contributed by atoms with Gasteiger partial charge in [0.2, 0.25) is 5.91 Å². The van der Waals surface area contributed by atoms with E-state index in [1.165, 1.54) is 41.1 Å². The number of aromatic nitrogens is 2. The number of unbranched alkanes of at least 4 members (excludes halogenated alkanes) is 1. The molecule has 0 saturated carbocycles. The smallest absolute Gasteiger partial charge is 0.273 e. The molecule has 0 bridgehead atoms. The Kier molecular flexibility index (Phi) is 6.39. The largest absolute Gasteiger partial charge is 0.290 e. The van der Waals surface area contributed by atoms with E-state index in [4.69, 9.17) is 0 Å².